The fourth-order valence-electron chi connectivity index (χ4n) is 1.26. The molecule has 0 aromatic heterocycles. The number of nitrogens with one attached hydrogen (secondary N) is 3. The molecule has 1 aliphatic rings. The number of alkyl halides is 3. The molecule has 0 spiro atoms. The van der Waals surface area contributed by atoms with Crippen molar-refractivity contribution < 1.29 is 18.3 Å². The smallest absolute Gasteiger partial charge is 0.375 e. The van der Waals surface area contributed by atoms with E-state index in [-0.39, 0.29) is 18.5 Å². The summed E-state index contributed by atoms with van der Waals surface area (Å²) in [6.07, 6.45) is -3.77. The monoisotopic (exact) mass is 211 g/mol. The van der Waals surface area contributed by atoms with Crippen LogP contribution in [0, 0.1) is 0 Å². The topological polar surface area (TPSA) is 56.3 Å². The molecule has 1 unspecified atom stereocenters. The summed E-state index contributed by atoms with van der Waals surface area (Å²) >= 11 is 0. The van der Waals surface area contributed by atoms with E-state index in [2.05, 4.69) is 16.4 Å². The highest BCUT2D eigenvalue weighted by Gasteiger charge is 2.56. The van der Waals surface area contributed by atoms with Gasteiger partial charge in [0.05, 0.1) is 5.70 Å². The summed E-state index contributed by atoms with van der Waals surface area (Å²) in [7, 11) is 0. The Morgan fingerprint density at radius 3 is 2.43 bits per heavy atom. The predicted molar refractivity (Wildman–Crippen MR) is 43.4 cm³/mol. The minimum absolute atomic E-state index is 0.231. The first-order valence-corrected chi connectivity index (χ1v) is 4.18. The maximum absolute atomic E-state index is 12.6. The lowest BCUT2D eigenvalue weighted by atomic mass is 9.94. The van der Waals surface area contributed by atoms with Gasteiger partial charge in [-0.2, -0.15) is 18.7 Å². The minimum atomic E-state index is -4.68. The van der Waals surface area contributed by atoms with Crippen molar-refractivity contribution in [2.75, 3.05) is 0 Å². The third-order valence-electron chi connectivity index (χ3n) is 2.01. The van der Waals surface area contributed by atoms with E-state index in [0.717, 1.165) is 6.20 Å². The fraction of sp³-hybridized carbons (Fsp3) is 0.714. The van der Waals surface area contributed by atoms with Crippen LogP contribution in [0.25, 0.3) is 0 Å². The molecule has 14 heavy (non-hydrogen) atoms. The molecule has 0 aliphatic carbocycles. The first kappa shape index (κ1) is 11.1. The average Bonchev–Trinajstić information content (AvgIpc) is 2.54. The predicted octanol–water partition coefficient (Wildman–Crippen LogP) is 0.534. The number of hydrogen-bond donors (Lipinski definition) is 4. The summed E-state index contributed by atoms with van der Waals surface area (Å²) in [5, 5.41) is 9.51. The molecule has 0 bridgehead atoms. The quantitative estimate of drug-likeness (QED) is 0.550. The molecule has 4 N–H and O–H groups in total. The Kier molecular flexibility index (Phi) is 2.91. The third-order valence-corrected chi connectivity index (χ3v) is 2.01. The molecule has 0 radical (unpaired) electrons. The molecule has 0 aromatic rings. The van der Waals surface area contributed by atoms with Crippen molar-refractivity contribution in [3.05, 3.63) is 11.9 Å². The van der Waals surface area contributed by atoms with Crippen molar-refractivity contribution in [2.24, 2.45) is 0 Å². The molecule has 0 fully saturated rings. The molecule has 0 amide bonds. The van der Waals surface area contributed by atoms with Gasteiger partial charge in [0, 0.05) is 6.20 Å². The molecule has 1 aliphatic heterocycles. The van der Waals surface area contributed by atoms with Gasteiger partial charge in [-0.05, 0) is 6.42 Å². The lowest BCUT2D eigenvalue weighted by Crippen LogP contribution is -2.51. The van der Waals surface area contributed by atoms with E-state index in [9.17, 15) is 18.3 Å². The number of halogens is 3. The van der Waals surface area contributed by atoms with Gasteiger partial charge < -0.3 is 16.0 Å². The van der Waals surface area contributed by atoms with Crippen LogP contribution in [0.4, 0.5) is 13.2 Å². The van der Waals surface area contributed by atoms with E-state index in [1.54, 1.807) is 6.92 Å². The van der Waals surface area contributed by atoms with Crippen molar-refractivity contribution in [1.82, 2.24) is 16.4 Å². The van der Waals surface area contributed by atoms with E-state index >= 15 is 0 Å². The second kappa shape index (κ2) is 3.66. The van der Waals surface area contributed by atoms with Gasteiger partial charge in [0.25, 0.3) is 0 Å². The van der Waals surface area contributed by atoms with Gasteiger partial charge in [0.2, 0.25) is 5.60 Å². The Balaban J connectivity index is 2.91. The number of aliphatic hydroxyl groups is 1. The van der Waals surface area contributed by atoms with Gasteiger partial charge in [0.15, 0.2) is 0 Å². The van der Waals surface area contributed by atoms with Crippen LogP contribution >= 0.6 is 0 Å². The summed E-state index contributed by atoms with van der Waals surface area (Å²) < 4.78 is 37.7. The highest BCUT2D eigenvalue weighted by atomic mass is 19.4. The third kappa shape index (κ3) is 1.78. The lowest BCUT2D eigenvalue weighted by molar-refractivity contribution is -0.248. The van der Waals surface area contributed by atoms with Crippen LogP contribution in [0.3, 0.4) is 0 Å². The lowest BCUT2D eigenvalue weighted by Gasteiger charge is -2.30. The van der Waals surface area contributed by atoms with Gasteiger partial charge in [-0.3, -0.25) is 0 Å². The number of rotatable bonds is 3. The largest absolute Gasteiger partial charge is 0.422 e. The molecule has 1 atom stereocenters. The number of hydrogen-bond acceptors (Lipinski definition) is 4. The molecular weight excluding hydrogens is 199 g/mol. The Morgan fingerprint density at radius 1 is 1.43 bits per heavy atom. The van der Waals surface area contributed by atoms with Crippen LogP contribution in [0.2, 0.25) is 0 Å². The van der Waals surface area contributed by atoms with E-state index in [4.69, 9.17) is 0 Å². The van der Waals surface area contributed by atoms with E-state index in [0.29, 0.717) is 0 Å². The Labute approximate surface area is 79.1 Å². The zero-order valence-corrected chi connectivity index (χ0v) is 7.57. The maximum Gasteiger partial charge on any atom is 0.422 e. The van der Waals surface area contributed by atoms with Crippen molar-refractivity contribution >= 4 is 0 Å². The van der Waals surface area contributed by atoms with Crippen LogP contribution in [0.15, 0.2) is 11.9 Å². The Morgan fingerprint density at radius 2 is 2.07 bits per heavy atom. The summed E-state index contributed by atoms with van der Waals surface area (Å²) in [5.41, 5.74) is 3.68. The zero-order chi connectivity index (χ0) is 10.8. The van der Waals surface area contributed by atoms with Crippen molar-refractivity contribution in [3.8, 4) is 0 Å². The van der Waals surface area contributed by atoms with Crippen LogP contribution in [-0.2, 0) is 0 Å². The number of hydrazine groups is 2. The molecule has 1 heterocycles. The van der Waals surface area contributed by atoms with Crippen molar-refractivity contribution in [1.29, 1.82) is 0 Å². The van der Waals surface area contributed by atoms with Gasteiger partial charge in [-0.1, -0.05) is 13.3 Å². The molecule has 0 saturated heterocycles. The first-order chi connectivity index (χ1) is 6.42. The summed E-state index contributed by atoms with van der Waals surface area (Å²) in [4.78, 5) is 0. The van der Waals surface area contributed by atoms with Gasteiger partial charge in [-0.15, -0.1) is 0 Å². The van der Waals surface area contributed by atoms with E-state index in [1.807, 2.05) is 0 Å². The molecule has 82 valence electrons. The molecular formula is C7H12F3N3O. The maximum atomic E-state index is 12.6. The van der Waals surface area contributed by atoms with Crippen molar-refractivity contribution in [2.45, 2.75) is 31.5 Å². The van der Waals surface area contributed by atoms with Crippen LogP contribution in [-0.4, -0.2) is 16.9 Å². The van der Waals surface area contributed by atoms with Gasteiger partial charge in [-0.25, -0.2) is 0 Å². The van der Waals surface area contributed by atoms with Gasteiger partial charge >= 0.3 is 6.18 Å². The fourth-order valence-corrected chi connectivity index (χ4v) is 1.26. The minimum Gasteiger partial charge on any atom is -0.375 e. The highest BCUT2D eigenvalue weighted by Crippen LogP contribution is 2.38. The normalized spacial score (nSPS) is 20.8. The first-order valence-electron chi connectivity index (χ1n) is 4.18. The second-order valence-electron chi connectivity index (χ2n) is 3.06. The van der Waals surface area contributed by atoms with Crippen molar-refractivity contribution in [3.63, 3.8) is 0 Å². The summed E-state index contributed by atoms with van der Waals surface area (Å²) in [6.45, 7) is 1.58. The summed E-state index contributed by atoms with van der Waals surface area (Å²) in [5.74, 6) is 0. The van der Waals surface area contributed by atoms with Crippen LogP contribution < -0.4 is 16.4 Å². The molecule has 1 rings (SSSR count). The standard InChI is InChI=1S/C7H12F3N3O/c1-2-3-6(14,7(8,9)10)5-4-11-13-12-5/h4,11-14H,2-3H2,1H3. The molecule has 7 heteroatoms. The average molecular weight is 211 g/mol. The zero-order valence-electron chi connectivity index (χ0n) is 7.57. The Hall–Kier alpha value is -0.950. The molecule has 0 aromatic carbocycles. The Bertz CT molecular complexity index is 241. The van der Waals surface area contributed by atoms with E-state index in [1.165, 1.54) is 0 Å². The molecule has 4 nitrogen and oxygen atoms in total. The molecule has 0 saturated carbocycles. The van der Waals surface area contributed by atoms with Gasteiger partial charge in [0.1, 0.15) is 0 Å². The van der Waals surface area contributed by atoms with Crippen LogP contribution in [0.5, 0.6) is 0 Å². The SMILES string of the molecule is CCCC(O)(C1=CNNN1)C(F)(F)F. The van der Waals surface area contributed by atoms with E-state index < -0.39 is 11.8 Å². The highest BCUT2D eigenvalue weighted by molar-refractivity contribution is 5.18. The second-order valence-corrected chi connectivity index (χ2v) is 3.06. The van der Waals surface area contributed by atoms with Crippen LogP contribution in [0.1, 0.15) is 19.8 Å². The summed E-state index contributed by atoms with van der Waals surface area (Å²) in [6, 6.07) is 0.